The quantitative estimate of drug-likeness (QED) is 0.845. The minimum atomic E-state index is -0.619. The van der Waals surface area contributed by atoms with Crippen LogP contribution in [0.3, 0.4) is 0 Å². The van der Waals surface area contributed by atoms with E-state index in [0.29, 0.717) is 10.7 Å². The third kappa shape index (κ3) is 3.25. The van der Waals surface area contributed by atoms with Gasteiger partial charge in [-0.25, -0.2) is 4.39 Å². The molecule has 0 bridgehead atoms. The normalized spacial score (nSPS) is 11.2. The van der Waals surface area contributed by atoms with E-state index in [2.05, 4.69) is 42.2 Å². The molecule has 16 heavy (non-hydrogen) atoms. The maximum Gasteiger partial charge on any atom is 0.254 e. The molecule has 0 aliphatic carbocycles. The van der Waals surface area contributed by atoms with Gasteiger partial charge in [0.1, 0.15) is 0 Å². The molecule has 0 unspecified atom stereocenters. The predicted molar refractivity (Wildman–Crippen MR) is 67.7 cm³/mol. The highest BCUT2D eigenvalue weighted by Crippen LogP contribution is 2.13. The van der Waals surface area contributed by atoms with Gasteiger partial charge in [-0.15, -0.1) is 0 Å². The molecule has 0 aliphatic heterocycles. The van der Waals surface area contributed by atoms with Crippen LogP contribution in [0.15, 0.2) is 18.5 Å². The molecular formula is C10H11Br2FN2O. The number of carbonyl (C=O) groups excluding carboxylic acids is 1. The van der Waals surface area contributed by atoms with Crippen molar-refractivity contribution in [3.05, 3.63) is 29.8 Å². The van der Waals surface area contributed by atoms with E-state index in [4.69, 9.17) is 0 Å². The second kappa shape index (κ2) is 5.72. The van der Waals surface area contributed by atoms with Crippen molar-refractivity contribution in [1.82, 2.24) is 10.3 Å². The van der Waals surface area contributed by atoms with Gasteiger partial charge in [0.25, 0.3) is 5.91 Å². The lowest BCUT2D eigenvalue weighted by atomic mass is 10.1. The molecule has 1 rings (SSSR count). The molecule has 1 N–H and O–H groups in total. The van der Waals surface area contributed by atoms with Gasteiger partial charge in [0.2, 0.25) is 0 Å². The van der Waals surface area contributed by atoms with E-state index in [0.717, 1.165) is 6.20 Å². The third-order valence-electron chi connectivity index (χ3n) is 2.02. The van der Waals surface area contributed by atoms with Crippen LogP contribution in [0.2, 0.25) is 0 Å². The SMILES string of the molecule is CC(CBr)(CBr)NC(=O)c1ccncc1F. The average molecular weight is 354 g/mol. The number of halogens is 3. The second-order valence-electron chi connectivity index (χ2n) is 3.64. The van der Waals surface area contributed by atoms with Crippen LogP contribution in [-0.2, 0) is 0 Å². The molecule has 6 heteroatoms. The summed E-state index contributed by atoms with van der Waals surface area (Å²) in [5.74, 6) is -1.06. The lowest BCUT2D eigenvalue weighted by Gasteiger charge is -2.26. The highest BCUT2D eigenvalue weighted by atomic mass is 79.9. The Morgan fingerprint density at radius 2 is 2.19 bits per heavy atom. The average Bonchev–Trinajstić information content (AvgIpc) is 2.29. The van der Waals surface area contributed by atoms with Crippen LogP contribution in [0, 0.1) is 5.82 Å². The number of pyridine rings is 1. The zero-order valence-corrected chi connectivity index (χ0v) is 11.8. The van der Waals surface area contributed by atoms with E-state index < -0.39 is 17.3 Å². The second-order valence-corrected chi connectivity index (χ2v) is 4.76. The highest BCUT2D eigenvalue weighted by Gasteiger charge is 2.25. The van der Waals surface area contributed by atoms with Gasteiger partial charge >= 0.3 is 0 Å². The molecule has 0 saturated heterocycles. The minimum absolute atomic E-state index is 0.00289. The van der Waals surface area contributed by atoms with E-state index >= 15 is 0 Å². The Balaban J connectivity index is 2.84. The van der Waals surface area contributed by atoms with Gasteiger partial charge in [0.15, 0.2) is 5.82 Å². The van der Waals surface area contributed by atoms with Crippen molar-refractivity contribution < 1.29 is 9.18 Å². The first kappa shape index (κ1) is 13.6. The fourth-order valence-corrected chi connectivity index (χ4v) is 2.21. The standard InChI is InChI=1S/C10H11Br2FN2O/c1-10(5-11,6-12)15-9(16)7-2-3-14-4-8(7)13/h2-4H,5-6H2,1H3,(H,15,16). The monoisotopic (exact) mass is 352 g/mol. The lowest BCUT2D eigenvalue weighted by Crippen LogP contribution is -2.49. The van der Waals surface area contributed by atoms with Gasteiger partial charge in [-0.3, -0.25) is 9.78 Å². The molecule has 1 aromatic heterocycles. The molecule has 0 aromatic carbocycles. The predicted octanol–water partition coefficient (Wildman–Crippen LogP) is 2.50. The summed E-state index contributed by atoms with van der Waals surface area (Å²) in [6, 6.07) is 1.35. The Morgan fingerprint density at radius 3 is 2.69 bits per heavy atom. The van der Waals surface area contributed by atoms with Crippen LogP contribution in [0.4, 0.5) is 4.39 Å². The topological polar surface area (TPSA) is 42.0 Å². The Morgan fingerprint density at radius 1 is 1.56 bits per heavy atom. The van der Waals surface area contributed by atoms with Crippen molar-refractivity contribution in [2.45, 2.75) is 12.5 Å². The number of alkyl halides is 2. The summed E-state index contributed by atoms with van der Waals surface area (Å²) in [6.07, 6.45) is 2.41. The fourth-order valence-electron chi connectivity index (χ4n) is 1.00. The molecule has 0 spiro atoms. The molecule has 88 valence electrons. The van der Waals surface area contributed by atoms with E-state index in [1.54, 1.807) is 0 Å². The van der Waals surface area contributed by atoms with Gasteiger partial charge in [-0.1, -0.05) is 31.9 Å². The maximum absolute atomic E-state index is 13.3. The van der Waals surface area contributed by atoms with Crippen LogP contribution in [0.1, 0.15) is 17.3 Å². The van der Waals surface area contributed by atoms with Crippen molar-refractivity contribution in [3.63, 3.8) is 0 Å². The molecule has 0 aliphatic rings. The van der Waals surface area contributed by atoms with Gasteiger partial charge in [0.05, 0.1) is 17.3 Å². The van der Waals surface area contributed by atoms with Crippen LogP contribution < -0.4 is 5.32 Å². The van der Waals surface area contributed by atoms with Crippen molar-refractivity contribution >= 4 is 37.8 Å². The van der Waals surface area contributed by atoms with E-state index in [1.807, 2.05) is 6.92 Å². The largest absolute Gasteiger partial charge is 0.345 e. The molecule has 0 radical (unpaired) electrons. The number of carbonyl (C=O) groups is 1. The summed E-state index contributed by atoms with van der Waals surface area (Å²) < 4.78 is 13.3. The number of hydrogen-bond donors (Lipinski definition) is 1. The van der Waals surface area contributed by atoms with E-state index in [-0.39, 0.29) is 5.56 Å². The van der Waals surface area contributed by atoms with Crippen molar-refractivity contribution in [3.8, 4) is 0 Å². The van der Waals surface area contributed by atoms with Crippen molar-refractivity contribution in [2.75, 3.05) is 10.7 Å². The summed E-state index contributed by atoms with van der Waals surface area (Å²) in [7, 11) is 0. The fraction of sp³-hybridized carbons (Fsp3) is 0.400. The van der Waals surface area contributed by atoms with Gasteiger partial charge < -0.3 is 5.32 Å². The van der Waals surface area contributed by atoms with Gasteiger partial charge in [0, 0.05) is 16.9 Å². The maximum atomic E-state index is 13.3. The molecule has 0 fully saturated rings. The minimum Gasteiger partial charge on any atom is -0.345 e. The zero-order valence-electron chi connectivity index (χ0n) is 8.64. The summed E-state index contributed by atoms with van der Waals surface area (Å²) in [5.41, 5.74) is -0.449. The number of rotatable bonds is 4. The summed E-state index contributed by atoms with van der Waals surface area (Å²) in [4.78, 5) is 15.4. The van der Waals surface area contributed by atoms with Crippen LogP contribution in [0.25, 0.3) is 0 Å². The first-order valence-electron chi connectivity index (χ1n) is 4.56. The molecule has 1 aromatic rings. The molecular weight excluding hydrogens is 343 g/mol. The van der Waals surface area contributed by atoms with Crippen LogP contribution in [0.5, 0.6) is 0 Å². The molecule has 0 atom stereocenters. The third-order valence-corrected chi connectivity index (χ3v) is 4.50. The first-order chi connectivity index (χ1) is 7.52. The first-order valence-corrected chi connectivity index (χ1v) is 6.80. The van der Waals surface area contributed by atoms with Gasteiger partial charge in [-0.05, 0) is 13.0 Å². The summed E-state index contributed by atoms with van der Waals surface area (Å²) >= 11 is 6.60. The lowest BCUT2D eigenvalue weighted by molar-refractivity contribution is 0.0918. The highest BCUT2D eigenvalue weighted by molar-refractivity contribution is 9.09. The van der Waals surface area contributed by atoms with Crippen molar-refractivity contribution in [2.24, 2.45) is 0 Å². The smallest absolute Gasteiger partial charge is 0.254 e. The zero-order chi connectivity index (χ0) is 12.2. The Kier molecular flexibility index (Phi) is 4.86. The van der Waals surface area contributed by atoms with E-state index in [1.165, 1.54) is 12.3 Å². The number of hydrogen-bond acceptors (Lipinski definition) is 2. The Labute approximate surface area is 110 Å². The summed E-state index contributed by atoms with van der Waals surface area (Å²) in [6.45, 7) is 1.85. The Hall–Kier alpha value is -0.490. The van der Waals surface area contributed by atoms with Gasteiger partial charge in [-0.2, -0.15) is 0 Å². The van der Waals surface area contributed by atoms with E-state index in [9.17, 15) is 9.18 Å². The Bertz CT molecular complexity index is 383. The number of amides is 1. The molecule has 1 amide bonds. The summed E-state index contributed by atoms with van der Waals surface area (Å²) in [5, 5.41) is 3.90. The number of aromatic nitrogens is 1. The molecule has 3 nitrogen and oxygen atoms in total. The number of nitrogens with one attached hydrogen (secondary N) is 1. The number of nitrogens with zero attached hydrogens (tertiary/aromatic N) is 1. The molecule has 1 heterocycles. The molecule has 0 saturated carbocycles. The van der Waals surface area contributed by atoms with Crippen LogP contribution >= 0.6 is 31.9 Å². The van der Waals surface area contributed by atoms with Crippen molar-refractivity contribution in [1.29, 1.82) is 0 Å². The van der Waals surface area contributed by atoms with Crippen LogP contribution in [-0.4, -0.2) is 27.1 Å².